The Balaban J connectivity index is 1.10. The molecule has 12 aromatic carbocycles. The molecule has 12 aromatic rings. The van der Waals surface area contributed by atoms with Gasteiger partial charge in [0.25, 0.3) is 6.71 Å². The van der Waals surface area contributed by atoms with Gasteiger partial charge in [0.1, 0.15) is 0 Å². The van der Waals surface area contributed by atoms with Crippen LogP contribution in [0.1, 0.15) is 26.3 Å². The largest absolute Gasteiger partial charge is 0.311 e. The summed E-state index contributed by atoms with van der Waals surface area (Å²) < 4.78 is 0. The normalized spacial score (nSPS) is 12.9. The van der Waals surface area contributed by atoms with Crippen molar-refractivity contribution in [1.29, 1.82) is 0 Å². The predicted molar refractivity (Wildman–Crippen MR) is 305 cm³/mol. The maximum absolute atomic E-state index is 2.61. The molecule has 0 amide bonds. The first kappa shape index (κ1) is 41.3. The first-order valence-electron chi connectivity index (χ1n) is 25.0. The van der Waals surface area contributed by atoms with E-state index >= 15 is 0 Å². The smallest absolute Gasteiger partial charge is 0.252 e. The molecule has 0 fully saturated rings. The summed E-state index contributed by atoms with van der Waals surface area (Å²) in [7, 11) is 0. The van der Waals surface area contributed by atoms with E-state index in [1.165, 1.54) is 121 Å². The van der Waals surface area contributed by atoms with Crippen LogP contribution in [0.2, 0.25) is 0 Å². The van der Waals surface area contributed by atoms with Crippen molar-refractivity contribution in [3.63, 3.8) is 0 Å². The number of hydrogen-bond donors (Lipinski definition) is 0. The third kappa shape index (κ3) is 6.50. The summed E-state index contributed by atoms with van der Waals surface area (Å²) in [6, 6.07) is 90.9. The number of benzene rings is 12. The van der Waals surface area contributed by atoms with Crippen molar-refractivity contribution in [2.45, 2.75) is 26.2 Å². The summed E-state index contributed by atoms with van der Waals surface area (Å²) in [6.07, 6.45) is 0. The summed E-state index contributed by atoms with van der Waals surface area (Å²) in [6.45, 7) is 7.01. The first-order valence-corrected chi connectivity index (χ1v) is 25.0. The quantitative estimate of drug-likeness (QED) is 0.125. The molecule has 3 heteroatoms. The minimum Gasteiger partial charge on any atom is -0.311 e. The van der Waals surface area contributed by atoms with E-state index in [4.69, 9.17) is 0 Å². The molecule has 0 bridgehead atoms. The van der Waals surface area contributed by atoms with Gasteiger partial charge < -0.3 is 9.80 Å². The van der Waals surface area contributed by atoms with Gasteiger partial charge in [-0.15, -0.1) is 0 Å². The molecule has 71 heavy (non-hydrogen) atoms. The Morgan fingerprint density at radius 1 is 0.324 bits per heavy atom. The fourth-order valence-corrected chi connectivity index (χ4v) is 12.0. The molecule has 14 rings (SSSR count). The van der Waals surface area contributed by atoms with Crippen LogP contribution in [0.4, 0.5) is 34.1 Å². The maximum Gasteiger partial charge on any atom is 0.252 e. The second-order valence-electron chi connectivity index (χ2n) is 20.4. The number of hydrogen-bond acceptors (Lipinski definition) is 2. The fourth-order valence-electron chi connectivity index (χ4n) is 12.0. The van der Waals surface area contributed by atoms with Gasteiger partial charge in [0.05, 0.1) is 5.69 Å². The molecule has 2 aliphatic heterocycles. The lowest BCUT2D eigenvalue weighted by molar-refractivity contribution is 0.590. The SMILES string of the molecule is CC(C)(C)c1cc2c3c(c1)N(c1ccccc1-c1cccc4ccccc14)c1ccc4ccccc4c1B3c1ccc(-c3c4ccccc4cc4ccccc34)cc1N2c1ccc(-c2ccccc2)cc1. The highest BCUT2D eigenvalue weighted by Gasteiger charge is 2.45. The molecule has 2 aliphatic rings. The summed E-state index contributed by atoms with van der Waals surface area (Å²) in [5, 5.41) is 10.00. The average Bonchev–Trinajstić information content (AvgIpc) is 3.42. The van der Waals surface area contributed by atoms with Crippen LogP contribution in [0.3, 0.4) is 0 Å². The van der Waals surface area contributed by atoms with Crippen LogP contribution in [-0.4, -0.2) is 6.71 Å². The second-order valence-corrected chi connectivity index (χ2v) is 20.4. The lowest BCUT2D eigenvalue weighted by Crippen LogP contribution is -2.61. The minimum absolute atomic E-state index is 0.0655. The Kier molecular flexibility index (Phi) is 9.28. The number of rotatable bonds is 5. The lowest BCUT2D eigenvalue weighted by atomic mass is 9.32. The van der Waals surface area contributed by atoms with E-state index in [0.29, 0.717) is 0 Å². The van der Waals surface area contributed by atoms with Crippen LogP contribution in [-0.2, 0) is 5.41 Å². The highest BCUT2D eigenvalue weighted by molar-refractivity contribution is 7.01. The zero-order valence-corrected chi connectivity index (χ0v) is 40.1. The van der Waals surface area contributed by atoms with Crippen molar-refractivity contribution < 1.29 is 0 Å². The van der Waals surface area contributed by atoms with E-state index in [9.17, 15) is 0 Å². The van der Waals surface area contributed by atoms with E-state index in [1.54, 1.807) is 0 Å². The highest BCUT2D eigenvalue weighted by Crippen LogP contribution is 2.50. The zero-order valence-electron chi connectivity index (χ0n) is 40.1. The van der Waals surface area contributed by atoms with E-state index in [-0.39, 0.29) is 12.1 Å². The summed E-state index contributed by atoms with van der Waals surface area (Å²) in [5.41, 5.74) is 19.5. The number of fused-ring (bicyclic) bond motifs is 9. The molecule has 334 valence electrons. The third-order valence-corrected chi connectivity index (χ3v) is 15.3. The Bertz CT molecular complexity index is 4050. The molecular formula is C68H49BN2. The van der Waals surface area contributed by atoms with Crippen LogP contribution < -0.4 is 26.2 Å². The van der Waals surface area contributed by atoms with E-state index in [2.05, 4.69) is 273 Å². The van der Waals surface area contributed by atoms with Gasteiger partial charge in [-0.05, 0) is 147 Å². The van der Waals surface area contributed by atoms with Crippen molar-refractivity contribution >= 4 is 100 Å². The molecule has 0 N–H and O–H groups in total. The van der Waals surface area contributed by atoms with E-state index < -0.39 is 0 Å². The molecule has 0 saturated heterocycles. The van der Waals surface area contributed by atoms with Crippen molar-refractivity contribution in [2.24, 2.45) is 0 Å². The summed E-state index contributed by atoms with van der Waals surface area (Å²) in [4.78, 5) is 5.21. The second kappa shape index (κ2) is 16.0. The van der Waals surface area contributed by atoms with Crippen LogP contribution in [0.25, 0.3) is 76.5 Å². The molecule has 0 unspecified atom stereocenters. The average molecular weight is 905 g/mol. The predicted octanol–water partition coefficient (Wildman–Crippen LogP) is 16.7. The standard InChI is InChI=1S/C68H49BN2/c1-68(2,3)51-42-63-67-64(43-51)71(60-31-16-15-29-58(60)57-30-17-24-46-20-7-11-25-53(46)57)61-39-35-47-21-8-14-28-56(47)66(61)69(67)59-38-34-50(65-54-26-12-9-22-48(54)40-49-23-10-13-27-55(49)65)41-62(59)70(63)52-36-32-45(33-37-52)44-18-5-4-6-19-44/h4-43H,1-3H3. The third-order valence-electron chi connectivity index (χ3n) is 15.3. The van der Waals surface area contributed by atoms with Gasteiger partial charge in [0.2, 0.25) is 0 Å². The molecule has 2 heterocycles. The van der Waals surface area contributed by atoms with Crippen LogP contribution in [0.15, 0.2) is 243 Å². The minimum atomic E-state index is -0.168. The van der Waals surface area contributed by atoms with Crippen molar-refractivity contribution in [2.75, 3.05) is 9.80 Å². The fraction of sp³-hybridized carbons (Fsp3) is 0.0588. The van der Waals surface area contributed by atoms with E-state index in [0.717, 1.165) is 11.4 Å². The first-order chi connectivity index (χ1) is 34.9. The number of anilines is 6. The Morgan fingerprint density at radius 3 is 1.59 bits per heavy atom. The molecule has 0 radical (unpaired) electrons. The van der Waals surface area contributed by atoms with E-state index in [1.807, 2.05) is 0 Å². The lowest BCUT2D eigenvalue weighted by Gasteiger charge is -2.46. The maximum atomic E-state index is 2.61. The van der Waals surface area contributed by atoms with Gasteiger partial charge in [-0.2, -0.15) is 0 Å². The molecule has 0 aliphatic carbocycles. The van der Waals surface area contributed by atoms with Gasteiger partial charge in [0.15, 0.2) is 0 Å². The van der Waals surface area contributed by atoms with Gasteiger partial charge in [0, 0.05) is 34.0 Å². The van der Waals surface area contributed by atoms with Crippen LogP contribution in [0.5, 0.6) is 0 Å². The van der Waals surface area contributed by atoms with Crippen LogP contribution >= 0.6 is 0 Å². The monoisotopic (exact) mass is 904 g/mol. The van der Waals surface area contributed by atoms with Crippen molar-refractivity contribution in [3.05, 3.63) is 248 Å². The van der Waals surface area contributed by atoms with Gasteiger partial charge in [-0.25, -0.2) is 0 Å². The zero-order chi connectivity index (χ0) is 47.4. The highest BCUT2D eigenvalue weighted by atomic mass is 15.2. The van der Waals surface area contributed by atoms with Gasteiger partial charge in [-0.3, -0.25) is 0 Å². The molecule has 0 spiro atoms. The number of nitrogens with zero attached hydrogens (tertiary/aromatic N) is 2. The van der Waals surface area contributed by atoms with Crippen molar-refractivity contribution in [3.8, 4) is 33.4 Å². The van der Waals surface area contributed by atoms with Gasteiger partial charge >= 0.3 is 0 Å². The Hall–Kier alpha value is -8.66. The summed E-state index contributed by atoms with van der Waals surface area (Å²) >= 11 is 0. The Morgan fingerprint density at radius 2 is 0.873 bits per heavy atom. The molecular weight excluding hydrogens is 856 g/mol. The summed E-state index contributed by atoms with van der Waals surface area (Å²) in [5.74, 6) is 0. The van der Waals surface area contributed by atoms with Gasteiger partial charge in [-0.1, -0.05) is 215 Å². The van der Waals surface area contributed by atoms with Crippen LogP contribution in [0, 0.1) is 0 Å². The molecule has 0 atom stereocenters. The molecule has 2 nitrogen and oxygen atoms in total. The molecule has 0 saturated carbocycles. The molecule has 0 aromatic heterocycles. The topological polar surface area (TPSA) is 6.48 Å². The Labute approximate surface area is 415 Å². The number of para-hydroxylation sites is 1. The van der Waals surface area contributed by atoms with Crippen molar-refractivity contribution in [1.82, 2.24) is 0 Å².